The predicted octanol–water partition coefficient (Wildman–Crippen LogP) is 1.51. The maximum Gasteiger partial charge on any atom is 0.255 e. The van der Waals surface area contributed by atoms with Crippen LogP contribution in [-0.4, -0.2) is 16.7 Å². The normalized spacial score (nSPS) is 21.0. The number of hydrogen-bond acceptors (Lipinski definition) is 5. The fourth-order valence-corrected chi connectivity index (χ4v) is 1.71. The number of hydrogen-bond donors (Lipinski definition) is 1. The van der Waals surface area contributed by atoms with Gasteiger partial charge in [-0.05, 0) is 33.1 Å². The van der Waals surface area contributed by atoms with Crippen molar-refractivity contribution in [3.63, 3.8) is 0 Å². The van der Waals surface area contributed by atoms with Crippen LogP contribution in [0.15, 0.2) is 4.52 Å². The zero-order chi connectivity index (χ0) is 10.9. The molecule has 0 saturated heterocycles. The van der Waals surface area contributed by atoms with E-state index in [4.69, 9.17) is 15.0 Å². The number of rotatable bonds is 4. The van der Waals surface area contributed by atoms with Crippen molar-refractivity contribution in [3.05, 3.63) is 11.7 Å². The Morgan fingerprint density at radius 2 is 2.33 bits per heavy atom. The molecule has 1 aromatic heterocycles. The Labute approximate surface area is 89.0 Å². The summed E-state index contributed by atoms with van der Waals surface area (Å²) in [4.78, 5) is 4.29. The second-order valence-electron chi connectivity index (χ2n) is 4.06. The second-order valence-corrected chi connectivity index (χ2v) is 4.06. The van der Waals surface area contributed by atoms with E-state index in [1.165, 1.54) is 0 Å². The highest BCUT2D eigenvalue weighted by atomic mass is 16.5. The lowest BCUT2D eigenvalue weighted by molar-refractivity contribution is 0.0519. The molecule has 1 fully saturated rings. The highest BCUT2D eigenvalue weighted by Gasteiger charge is 2.39. The van der Waals surface area contributed by atoms with Crippen LogP contribution in [0.25, 0.3) is 0 Å². The van der Waals surface area contributed by atoms with E-state index in [0.29, 0.717) is 18.3 Å². The average Bonchev–Trinajstić information content (AvgIpc) is 2.63. The minimum absolute atomic E-state index is 0.153. The first-order valence-corrected chi connectivity index (χ1v) is 5.40. The number of aromatic nitrogens is 2. The third kappa shape index (κ3) is 1.89. The lowest BCUT2D eigenvalue weighted by Gasteiger charge is -2.34. The number of nitrogens with zero attached hydrogens (tertiary/aromatic N) is 2. The first-order valence-electron chi connectivity index (χ1n) is 5.40. The predicted molar refractivity (Wildman–Crippen MR) is 54.1 cm³/mol. The molecular formula is C10H17N3O2. The maximum atomic E-state index is 6.09. The van der Waals surface area contributed by atoms with Crippen LogP contribution in [0.3, 0.4) is 0 Å². The van der Waals surface area contributed by atoms with Crippen molar-refractivity contribution in [1.82, 2.24) is 10.1 Å². The molecule has 5 heteroatoms. The largest absolute Gasteiger partial charge is 0.369 e. The first kappa shape index (κ1) is 10.6. The molecule has 1 aliphatic carbocycles. The molecule has 5 nitrogen and oxygen atoms in total. The lowest BCUT2D eigenvalue weighted by atomic mass is 9.77. The summed E-state index contributed by atoms with van der Waals surface area (Å²) >= 11 is 0. The van der Waals surface area contributed by atoms with Crippen molar-refractivity contribution in [2.24, 2.45) is 5.73 Å². The third-order valence-corrected chi connectivity index (χ3v) is 2.90. The summed E-state index contributed by atoms with van der Waals surface area (Å²) in [6, 6.07) is 0. The van der Waals surface area contributed by atoms with Gasteiger partial charge in [-0.1, -0.05) is 5.16 Å². The molecule has 2 N–H and O–H groups in total. The van der Waals surface area contributed by atoms with Gasteiger partial charge in [0.1, 0.15) is 6.10 Å². The van der Waals surface area contributed by atoms with Crippen molar-refractivity contribution in [2.45, 2.75) is 44.8 Å². The summed E-state index contributed by atoms with van der Waals surface area (Å²) in [6.07, 6.45) is 2.87. The summed E-state index contributed by atoms with van der Waals surface area (Å²) < 4.78 is 10.5. The molecular weight excluding hydrogens is 194 g/mol. The molecule has 0 radical (unpaired) electrons. The standard InChI is InChI=1S/C10H17N3O2/c1-3-14-7(2)8-12-9(13-15-8)10(11)5-4-6-10/h7H,3-6,11H2,1-2H3. The highest BCUT2D eigenvalue weighted by molar-refractivity contribution is 5.09. The van der Waals surface area contributed by atoms with Gasteiger partial charge in [-0.25, -0.2) is 0 Å². The summed E-state index contributed by atoms with van der Waals surface area (Å²) in [7, 11) is 0. The summed E-state index contributed by atoms with van der Waals surface area (Å²) in [5.41, 5.74) is 5.73. The molecule has 2 rings (SSSR count). The Morgan fingerprint density at radius 1 is 1.60 bits per heavy atom. The van der Waals surface area contributed by atoms with Gasteiger partial charge in [0.2, 0.25) is 0 Å². The van der Waals surface area contributed by atoms with Crippen molar-refractivity contribution >= 4 is 0 Å². The summed E-state index contributed by atoms with van der Waals surface area (Å²) in [5.74, 6) is 1.14. The molecule has 1 saturated carbocycles. The maximum absolute atomic E-state index is 6.09. The molecule has 0 aromatic carbocycles. The molecule has 0 amide bonds. The first-order chi connectivity index (χ1) is 7.15. The lowest BCUT2D eigenvalue weighted by Crippen LogP contribution is -2.44. The minimum atomic E-state index is -0.353. The van der Waals surface area contributed by atoms with Crippen LogP contribution < -0.4 is 5.73 Å². The quantitative estimate of drug-likeness (QED) is 0.817. The van der Waals surface area contributed by atoms with E-state index < -0.39 is 0 Å². The highest BCUT2D eigenvalue weighted by Crippen LogP contribution is 2.37. The smallest absolute Gasteiger partial charge is 0.255 e. The Kier molecular flexibility index (Phi) is 2.75. The Morgan fingerprint density at radius 3 is 2.87 bits per heavy atom. The van der Waals surface area contributed by atoms with Gasteiger partial charge in [-0.3, -0.25) is 0 Å². The van der Waals surface area contributed by atoms with E-state index in [2.05, 4.69) is 10.1 Å². The van der Waals surface area contributed by atoms with Crippen LogP contribution in [0, 0.1) is 0 Å². The van der Waals surface area contributed by atoms with Gasteiger partial charge >= 0.3 is 0 Å². The van der Waals surface area contributed by atoms with Crippen LogP contribution in [-0.2, 0) is 10.3 Å². The van der Waals surface area contributed by atoms with Crippen molar-refractivity contribution in [1.29, 1.82) is 0 Å². The van der Waals surface area contributed by atoms with Crippen molar-refractivity contribution < 1.29 is 9.26 Å². The van der Waals surface area contributed by atoms with Crippen LogP contribution in [0.2, 0.25) is 0 Å². The molecule has 0 bridgehead atoms. The van der Waals surface area contributed by atoms with Gasteiger partial charge in [-0.2, -0.15) is 4.98 Å². The minimum Gasteiger partial charge on any atom is -0.369 e. The van der Waals surface area contributed by atoms with E-state index in [1.807, 2.05) is 13.8 Å². The second kappa shape index (κ2) is 3.90. The fourth-order valence-electron chi connectivity index (χ4n) is 1.71. The van der Waals surface area contributed by atoms with Crippen molar-refractivity contribution in [3.8, 4) is 0 Å². The van der Waals surface area contributed by atoms with Gasteiger partial charge in [0.25, 0.3) is 5.89 Å². The molecule has 1 atom stereocenters. The van der Waals surface area contributed by atoms with E-state index in [-0.39, 0.29) is 11.6 Å². The molecule has 1 unspecified atom stereocenters. The van der Waals surface area contributed by atoms with E-state index in [9.17, 15) is 0 Å². The molecule has 1 heterocycles. The van der Waals surface area contributed by atoms with Gasteiger partial charge < -0.3 is 15.0 Å². The zero-order valence-electron chi connectivity index (χ0n) is 9.19. The van der Waals surface area contributed by atoms with E-state index in [1.54, 1.807) is 0 Å². The molecule has 1 aliphatic rings. The average molecular weight is 211 g/mol. The molecule has 84 valence electrons. The van der Waals surface area contributed by atoms with Crippen LogP contribution in [0.1, 0.15) is 50.9 Å². The van der Waals surface area contributed by atoms with Crippen LogP contribution in [0.5, 0.6) is 0 Å². The van der Waals surface area contributed by atoms with Gasteiger partial charge in [-0.15, -0.1) is 0 Å². The number of ether oxygens (including phenoxy) is 1. The van der Waals surface area contributed by atoms with Gasteiger partial charge in [0, 0.05) is 6.61 Å². The Bertz CT molecular complexity index is 333. The molecule has 0 spiro atoms. The van der Waals surface area contributed by atoms with E-state index >= 15 is 0 Å². The van der Waals surface area contributed by atoms with Crippen LogP contribution in [0.4, 0.5) is 0 Å². The SMILES string of the molecule is CCOC(C)c1nc(C2(N)CCC2)no1. The molecule has 15 heavy (non-hydrogen) atoms. The van der Waals surface area contributed by atoms with Crippen LogP contribution >= 0.6 is 0 Å². The molecule has 1 aromatic rings. The Balaban J connectivity index is 2.09. The monoisotopic (exact) mass is 211 g/mol. The topological polar surface area (TPSA) is 74.2 Å². The summed E-state index contributed by atoms with van der Waals surface area (Å²) in [5, 5.41) is 3.92. The van der Waals surface area contributed by atoms with Gasteiger partial charge in [0.05, 0.1) is 5.54 Å². The zero-order valence-corrected chi connectivity index (χ0v) is 9.19. The number of nitrogens with two attached hydrogens (primary N) is 1. The molecule has 0 aliphatic heterocycles. The summed E-state index contributed by atoms with van der Waals surface area (Å²) in [6.45, 7) is 4.46. The van der Waals surface area contributed by atoms with Gasteiger partial charge in [0.15, 0.2) is 5.82 Å². The fraction of sp³-hybridized carbons (Fsp3) is 0.800. The Hall–Kier alpha value is -0.940. The van der Waals surface area contributed by atoms with E-state index in [0.717, 1.165) is 19.3 Å². The third-order valence-electron chi connectivity index (χ3n) is 2.90. The van der Waals surface area contributed by atoms with Crippen molar-refractivity contribution in [2.75, 3.05) is 6.61 Å².